The molecule has 2 aromatic rings. The van der Waals surface area contributed by atoms with Crippen LogP contribution in [0.3, 0.4) is 0 Å². The highest BCUT2D eigenvalue weighted by Gasteiger charge is 2.09. The first kappa shape index (κ1) is 11.6. The van der Waals surface area contributed by atoms with Crippen molar-refractivity contribution in [2.45, 2.75) is 0 Å². The van der Waals surface area contributed by atoms with Crippen LogP contribution in [0, 0.1) is 0 Å². The lowest BCUT2D eigenvalue weighted by molar-refractivity contribution is 0.440. The van der Waals surface area contributed by atoms with Crippen LogP contribution in [-0.2, 0) is 10.5 Å². The fourth-order valence-electron chi connectivity index (χ4n) is 1.47. The highest BCUT2D eigenvalue weighted by Crippen LogP contribution is 2.24. The summed E-state index contributed by atoms with van der Waals surface area (Å²) in [5, 5.41) is 0. The molecule has 0 N–H and O–H groups in total. The number of halogens is 1. The van der Waals surface area contributed by atoms with E-state index in [1.165, 1.54) is 12.1 Å². The smallest absolute Gasteiger partial charge is 0.358 e. The molecule has 0 fully saturated rings. The molecule has 0 aliphatic rings. The molecule has 0 bridgehead atoms. The normalized spacial score (nSPS) is 11.1. The molecule has 0 spiro atoms. The van der Waals surface area contributed by atoms with Crippen LogP contribution in [-0.4, -0.2) is 8.42 Å². The van der Waals surface area contributed by atoms with Crippen LogP contribution in [0.2, 0.25) is 0 Å². The predicted molar refractivity (Wildman–Crippen MR) is 62.5 cm³/mol. The topological polar surface area (TPSA) is 43.4 Å². The highest BCUT2D eigenvalue weighted by molar-refractivity contribution is 7.81. The van der Waals surface area contributed by atoms with Crippen LogP contribution in [0.25, 0.3) is 11.1 Å². The molecule has 0 aliphatic carbocycles. The SMILES string of the molecule is O=S(=O)(F)Oc1cccc(-c2ccccc2)c1. The van der Waals surface area contributed by atoms with Gasteiger partial charge >= 0.3 is 10.5 Å². The van der Waals surface area contributed by atoms with Gasteiger partial charge in [0.1, 0.15) is 5.75 Å². The Kier molecular flexibility index (Phi) is 3.10. The molecule has 2 aromatic carbocycles. The fraction of sp³-hybridized carbons (Fsp3) is 0. The second-order valence-electron chi connectivity index (χ2n) is 3.37. The number of hydrogen-bond donors (Lipinski definition) is 0. The zero-order valence-electron chi connectivity index (χ0n) is 8.71. The molecule has 0 atom stereocenters. The first-order chi connectivity index (χ1) is 8.04. The van der Waals surface area contributed by atoms with Gasteiger partial charge in [-0.05, 0) is 23.3 Å². The number of benzene rings is 2. The van der Waals surface area contributed by atoms with Crippen LogP contribution < -0.4 is 4.18 Å². The zero-order valence-corrected chi connectivity index (χ0v) is 9.52. The van der Waals surface area contributed by atoms with E-state index >= 15 is 0 Å². The summed E-state index contributed by atoms with van der Waals surface area (Å²) in [4.78, 5) is 0. The van der Waals surface area contributed by atoms with Crippen molar-refractivity contribution in [3.05, 3.63) is 54.6 Å². The lowest BCUT2D eigenvalue weighted by Gasteiger charge is -2.04. The molecule has 5 heteroatoms. The summed E-state index contributed by atoms with van der Waals surface area (Å²) in [6, 6.07) is 15.5. The van der Waals surface area contributed by atoms with E-state index < -0.39 is 10.5 Å². The van der Waals surface area contributed by atoms with Crippen molar-refractivity contribution in [1.82, 2.24) is 0 Å². The van der Waals surface area contributed by atoms with Crippen LogP contribution in [0.1, 0.15) is 0 Å². The Morgan fingerprint density at radius 1 is 0.882 bits per heavy atom. The van der Waals surface area contributed by atoms with Gasteiger partial charge in [-0.1, -0.05) is 46.4 Å². The summed E-state index contributed by atoms with van der Waals surface area (Å²) in [6.07, 6.45) is 0. The summed E-state index contributed by atoms with van der Waals surface area (Å²) in [7, 11) is -4.98. The van der Waals surface area contributed by atoms with Gasteiger partial charge in [0.2, 0.25) is 0 Å². The van der Waals surface area contributed by atoms with Gasteiger partial charge in [-0.2, -0.15) is 8.42 Å². The molecule has 0 radical (unpaired) electrons. The summed E-state index contributed by atoms with van der Waals surface area (Å²) in [6.45, 7) is 0. The van der Waals surface area contributed by atoms with Crippen molar-refractivity contribution >= 4 is 10.5 Å². The van der Waals surface area contributed by atoms with Crippen molar-refractivity contribution in [1.29, 1.82) is 0 Å². The summed E-state index contributed by atoms with van der Waals surface area (Å²) >= 11 is 0. The Morgan fingerprint density at radius 3 is 2.18 bits per heavy atom. The third kappa shape index (κ3) is 3.29. The molecule has 0 heterocycles. The monoisotopic (exact) mass is 252 g/mol. The van der Waals surface area contributed by atoms with Crippen molar-refractivity contribution in [3.8, 4) is 16.9 Å². The molecule has 0 aromatic heterocycles. The second-order valence-corrected chi connectivity index (χ2v) is 4.32. The molecular formula is C12H9FO3S. The lowest BCUT2D eigenvalue weighted by Crippen LogP contribution is -2.00. The summed E-state index contributed by atoms with van der Waals surface area (Å²) < 4.78 is 37.2. The molecule has 3 nitrogen and oxygen atoms in total. The van der Waals surface area contributed by atoms with Crippen molar-refractivity contribution in [2.24, 2.45) is 0 Å². The van der Waals surface area contributed by atoms with Crippen LogP contribution in [0.5, 0.6) is 5.75 Å². The van der Waals surface area contributed by atoms with E-state index in [1.54, 1.807) is 12.1 Å². The minimum atomic E-state index is -4.98. The molecule has 2 rings (SSSR count). The minimum Gasteiger partial charge on any atom is -0.358 e. The number of rotatable bonds is 3. The van der Waals surface area contributed by atoms with Gasteiger partial charge in [0, 0.05) is 0 Å². The van der Waals surface area contributed by atoms with Gasteiger partial charge < -0.3 is 4.18 Å². The Bertz CT molecular complexity index is 609. The molecule has 0 saturated carbocycles. The van der Waals surface area contributed by atoms with Gasteiger partial charge in [-0.3, -0.25) is 0 Å². The molecule has 17 heavy (non-hydrogen) atoms. The molecule has 88 valence electrons. The average Bonchev–Trinajstić information content (AvgIpc) is 2.28. The fourth-order valence-corrected chi connectivity index (χ4v) is 1.81. The standard InChI is InChI=1S/C12H9FO3S/c13-17(14,15)16-12-8-4-7-11(9-12)10-5-2-1-3-6-10/h1-9H. The summed E-state index contributed by atoms with van der Waals surface area (Å²) in [5.41, 5.74) is 1.65. The van der Waals surface area contributed by atoms with Crippen LogP contribution in [0.4, 0.5) is 3.89 Å². The number of hydrogen-bond acceptors (Lipinski definition) is 3. The first-order valence-electron chi connectivity index (χ1n) is 4.84. The molecular weight excluding hydrogens is 243 g/mol. The Labute approximate surface area is 98.9 Å². The average molecular weight is 252 g/mol. The maximum absolute atomic E-state index is 12.4. The van der Waals surface area contributed by atoms with Crippen LogP contribution in [0.15, 0.2) is 54.6 Å². The molecule has 0 aliphatic heterocycles. The van der Waals surface area contributed by atoms with Gasteiger partial charge in [0.15, 0.2) is 0 Å². The van der Waals surface area contributed by atoms with Crippen molar-refractivity contribution < 1.29 is 16.5 Å². The van der Waals surface area contributed by atoms with E-state index in [2.05, 4.69) is 4.18 Å². The predicted octanol–water partition coefficient (Wildman–Crippen LogP) is 2.95. The third-order valence-electron chi connectivity index (χ3n) is 2.14. The van der Waals surface area contributed by atoms with Crippen LogP contribution >= 0.6 is 0 Å². The minimum absolute atomic E-state index is 0.0474. The zero-order chi connectivity index (χ0) is 12.3. The largest absolute Gasteiger partial charge is 0.488 e. The molecule has 0 amide bonds. The second kappa shape index (κ2) is 4.55. The van der Waals surface area contributed by atoms with E-state index in [4.69, 9.17) is 0 Å². The maximum Gasteiger partial charge on any atom is 0.488 e. The quantitative estimate of drug-likeness (QED) is 0.789. The van der Waals surface area contributed by atoms with Gasteiger partial charge in [-0.15, -0.1) is 0 Å². The molecule has 0 saturated heterocycles. The first-order valence-corrected chi connectivity index (χ1v) is 6.15. The Balaban J connectivity index is 2.36. The van der Waals surface area contributed by atoms with Crippen molar-refractivity contribution in [2.75, 3.05) is 0 Å². The Hall–Kier alpha value is -1.88. The third-order valence-corrected chi connectivity index (χ3v) is 2.53. The summed E-state index contributed by atoms with van der Waals surface area (Å²) in [5.74, 6) is -0.0474. The van der Waals surface area contributed by atoms with E-state index in [-0.39, 0.29) is 5.75 Å². The van der Waals surface area contributed by atoms with Gasteiger partial charge in [-0.25, -0.2) is 0 Å². The molecule has 0 unspecified atom stereocenters. The lowest BCUT2D eigenvalue weighted by atomic mass is 10.1. The van der Waals surface area contributed by atoms with Gasteiger partial charge in [0.25, 0.3) is 0 Å². The van der Waals surface area contributed by atoms with E-state index in [0.717, 1.165) is 11.1 Å². The van der Waals surface area contributed by atoms with E-state index in [1.807, 2.05) is 30.3 Å². The Morgan fingerprint density at radius 2 is 1.53 bits per heavy atom. The van der Waals surface area contributed by atoms with Crippen molar-refractivity contribution in [3.63, 3.8) is 0 Å². The van der Waals surface area contributed by atoms with E-state index in [0.29, 0.717) is 0 Å². The van der Waals surface area contributed by atoms with Gasteiger partial charge in [0.05, 0.1) is 0 Å². The highest BCUT2D eigenvalue weighted by atomic mass is 32.3. The maximum atomic E-state index is 12.4. The van der Waals surface area contributed by atoms with E-state index in [9.17, 15) is 12.3 Å².